The second-order valence-electron chi connectivity index (χ2n) is 4.56. The Morgan fingerprint density at radius 2 is 2.14 bits per heavy atom. The molecule has 2 aromatic carbocycles. The van der Waals surface area contributed by atoms with E-state index in [0.29, 0.717) is 22.6 Å². The van der Waals surface area contributed by atoms with Gasteiger partial charge in [0.25, 0.3) is 0 Å². The Balaban J connectivity index is 2.25. The minimum Gasteiger partial charge on any atom is -0.504 e. The van der Waals surface area contributed by atoms with Crippen LogP contribution in [0.3, 0.4) is 0 Å². The maximum absolute atomic E-state index is 13.7. The Morgan fingerprint density at radius 1 is 1.38 bits per heavy atom. The number of phenolic OH excluding ortho intramolecular Hbond substituents is 1. The number of aromatic hydroxyl groups is 1. The molecule has 2 aromatic rings. The lowest BCUT2D eigenvalue weighted by atomic mass is 10.1. The fourth-order valence-corrected chi connectivity index (χ4v) is 1.99. The molecule has 0 saturated carbocycles. The second kappa shape index (κ2) is 6.14. The summed E-state index contributed by atoms with van der Waals surface area (Å²) >= 11 is 0. The predicted molar refractivity (Wildman–Crippen MR) is 77.8 cm³/mol. The van der Waals surface area contributed by atoms with Gasteiger partial charge in [-0.25, -0.2) is 4.39 Å². The van der Waals surface area contributed by atoms with E-state index in [0.717, 1.165) is 0 Å². The van der Waals surface area contributed by atoms with E-state index in [1.807, 2.05) is 6.07 Å². The summed E-state index contributed by atoms with van der Waals surface area (Å²) in [4.78, 5) is 0. The van der Waals surface area contributed by atoms with Crippen LogP contribution in [0.25, 0.3) is 0 Å². The molecule has 108 valence electrons. The predicted octanol–water partition coefficient (Wildman–Crippen LogP) is 3.33. The molecule has 0 aliphatic carbocycles. The van der Waals surface area contributed by atoms with E-state index in [4.69, 9.17) is 10.00 Å². The summed E-state index contributed by atoms with van der Waals surface area (Å²) in [6, 6.07) is 9.84. The number of hydrogen-bond donors (Lipinski definition) is 2. The van der Waals surface area contributed by atoms with Crippen molar-refractivity contribution in [1.82, 2.24) is 0 Å². The fourth-order valence-electron chi connectivity index (χ4n) is 1.99. The molecular weight excluding hydrogens is 271 g/mol. The number of rotatable bonds is 4. The van der Waals surface area contributed by atoms with Crippen LogP contribution in [0, 0.1) is 24.1 Å². The van der Waals surface area contributed by atoms with Gasteiger partial charge in [-0.2, -0.15) is 5.26 Å². The van der Waals surface area contributed by atoms with Crippen LogP contribution in [-0.4, -0.2) is 12.2 Å². The van der Waals surface area contributed by atoms with Crippen LogP contribution in [0.15, 0.2) is 30.3 Å². The van der Waals surface area contributed by atoms with Gasteiger partial charge in [0.05, 0.1) is 18.7 Å². The number of hydrogen-bond acceptors (Lipinski definition) is 4. The maximum Gasteiger partial charge on any atom is 0.162 e. The van der Waals surface area contributed by atoms with Crippen LogP contribution in [0.1, 0.15) is 16.7 Å². The lowest BCUT2D eigenvalue weighted by Gasteiger charge is -2.13. The lowest BCUT2D eigenvalue weighted by molar-refractivity contribution is 0.371. The molecule has 0 heterocycles. The van der Waals surface area contributed by atoms with Gasteiger partial charge in [-0.1, -0.05) is 12.1 Å². The fraction of sp³-hybridized carbons (Fsp3) is 0.188. The van der Waals surface area contributed by atoms with E-state index in [-0.39, 0.29) is 17.9 Å². The van der Waals surface area contributed by atoms with Crippen LogP contribution >= 0.6 is 0 Å². The molecule has 2 rings (SSSR count). The summed E-state index contributed by atoms with van der Waals surface area (Å²) < 4.78 is 18.7. The average molecular weight is 286 g/mol. The molecule has 0 unspecified atom stereocenters. The summed E-state index contributed by atoms with van der Waals surface area (Å²) in [5, 5.41) is 21.9. The first kappa shape index (κ1) is 14.7. The van der Waals surface area contributed by atoms with Crippen LogP contribution in [0.5, 0.6) is 11.5 Å². The molecule has 0 saturated heterocycles. The van der Waals surface area contributed by atoms with Crippen molar-refractivity contribution in [2.24, 2.45) is 0 Å². The van der Waals surface area contributed by atoms with Gasteiger partial charge in [-0.3, -0.25) is 0 Å². The molecule has 2 N–H and O–H groups in total. The first-order valence-electron chi connectivity index (χ1n) is 6.35. The van der Waals surface area contributed by atoms with Crippen molar-refractivity contribution < 1.29 is 14.2 Å². The molecule has 0 fully saturated rings. The van der Waals surface area contributed by atoms with E-state index < -0.39 is 5.82 Å². The van der Waals surface area contributed by atoms with Gasteiger partial charge in [0.2, 0.25) is 0 Å². The van der Waals surface area contributed by atoms with Crippen LogP contribution in [0.2, 0.25) is 0 Å². The summed E-state index contributed by atoms with van der Waals surface area (Å²) in [5.41, 5.74) is 1.82. The van der Waals surface area contributed by atoms with Crippen molar-refractivity contribution in [2.75, 3.05) is 12.4 Å². The SMILES string of the molecule is COc1cccc(CNc2cc(C#N)cc(F)c2C)c1O. The maximum atomic E-state index is 13.7. The monoisotopic (exact) mass is 286 g/mol. The van der Waals surface area contributed by atoms with Crippen molar-refractivity contribution >= 4 is 5.69 Å². The zero-order valence-corrected chi connectivity index (χ0v) is 11.8. The van der Waals surface area contributed by atoms with Crippen molar-refractivity contribution in [3.05, 3.63) is 52.8 Å². The summed E-state index contributed by atoms with van der Waals surface area (Å²) in [6.45, 7) is 1.92. The highest BCUT2D eigenvalue weighted by Crippen LogP contribution is 2.30. The summed E-state index contributed by atoms with van der Waals surface area (Å²) in [7, 11) is 1.47. The minimum atomic E-state index is -0.439. The third-order valence-corrected chi connectivity index (χ3v) is 3.25. The second-order valence-corrected chi connectivity index (χ2v) is 4.56. The van der Waals surface area contributed by atoms with E-state index >= 15 is 0 Å². The molecule has 0 atom stereocenters. The number of phenols is 1. The van der Waals surface area contributed by atoms with Gasteiger partial charge in [-0.15, -0.1) is 0 Å². The van der Waals surface area contributed by atoms with Gasteiger partial charge in [0.1, 0.15) is 5.82 Å². The number of anilines is 1. The Labute approximate surface area is 122 Å². The van der Waals surface area contributed by atoms with E-state index in [1.54, 1.807) is 31.2 Å². The molecule has 5 heteroatoms. The van der Waals surface area contributed by atoms with Gasteiger partial charge in [0.15, 0.2) is 11.5 Å². The standard InChI is InChI=1S/C16H15FN2O2/c1-10-13(17)6-11(8-18)7-14(10)19-9-12-4-3-5-15(21-2)16(12)20/h3-7,19-20H,9H2,1-2H3. The molecule has 0 aliphatic rings. The van der Waals surface area contributed by atoms with Crippen molar-refractivity contribution in [3.63, 3.8) is 0 Å². The van der Waals surface area contributed by atoms with Crippen LogP contribution in [-0.2, 0) is 6.54 Å². The average Bonchev–Trinajstić information content (AvgIpc) is 2.49. The van der Waals surface area contributed by atoms with Crippen LogP contribution < -0.4 is 10.1 Å². The third-order valence-electron chi connectivity index (χ3n) is 3.25. The first-order chi connectivity index (χ1) is 10.1. The molecular formula is C16H15FN2O2. The molecule has 0 bridgehead atoms. The van der Waals surface area contributed by atoms with Gasteiger partial charge in [-0.05, 0) is 25.1 Å². The minimum absolute atomic E-state index is 0.0436. The number of benzene rings is 2. The summed E-state index contributed by atoms with van der Waals surface area (Å²) in [5.74, 6) is -0.0172. The molecule has 21 heavy (non-hydrogen) atoms. The zero-order chi connectivity index (χ0) is 15.4. The van der Waals surface area contributed by atoms with Crippen LogP contribution in [0.4, 0.5) is 10.1 Å². The number of nitrogens with one attached hydrogen (secondary N) is 1. The highest BCUT2D eigenvalue weighted by Gasteiger charge is 2.10. The number of nitrogens with zero attached hydrogens (tertiary/aromatic N) is 1. The lowest BCUT2D eigenvalue weighted by Crippen LogP contribution is -2.03. The first-order valence-corrected chi connectivity index (χ1v) is 6.35. The third kappa shape index (κ3) is 3.06. The number of nitriles is 1. The largest absolute Gasteiger partial charge is 0.504 e. The number of methoxy groups -OCH3 is 1. The van der Waals surface area contributed by atoms with Crippen molar-refractivity contribution in [2.45, 2.75) is 13.5 Å². The molecule has 0 radical (unpaired) electrons. The van der Waals surface area contributed by atoms with Crippen molar-refractivity contribution in [1.29, 1.82) is 5.26 Å². The van der Waals surface area contributed by atoms with Gasteiger partial charge >= 0.3 is 0 Å². The van der Waals surface area contributed by atoms with E-state index in [2.05, 4.69) is 5.32 Å². The quantitative estimate of drug-likeness (QED) is 0.904. The highest BCUT2D eigenvalue weighted by molar-refractivity contribution is 5.57. The number of para-hydroxylation sites is 1. The van der Waals surface area contributed by atoms with Crippen molar-refractivity contribution in [3.8, 4) is 17.6 Å². The highest BCUT2D eigenvalue weighted by atomic mass is 19.1. The van der Waals surface area contributed by atoms with E-state index in [9.17, 15) is 9.50 Å². The molecule has 0 amide bonds. The number of ether oxygens (including phenoxy) is 1. The Hall–Kier alpha value is -2.74. The molecule has 0 aromatic heterocycles. The smallest absolute Gasteiger partial charge is 0.162 e. The van der Waals surface area contributed by atoms with Gasteiger partial charge < -0.3 is 15.2 Å². The molecule has 0 aliphatic heterocycles. The topological polar surface area (TPSA) is 65.3 Å². The summed E-state index contributed by atoms with van der Waals surface area (Å²) in [6.07, 6.45) is 0. The van der Waals surface area contributed by atoms with Gasteiger partial charge in [0, 0.05) is 23.4 Å². The zero-order valence-electron chi connectivity index (χ0n) is 11.8. The Bertz CT molecular complexity index is 708. The molecule has 0 spiro atoms. The normalized spacial score (nSPS) is 10.0. The number of halogens is 1. The Morgan fingerprint density at radius 3 is 2.81 bits per heavy atom. The van der Waals surface area contributed by atoms with E-state index in [1.165, 1.54) is 13.2 Å². The molecule has 4 nitrogen and oxygen atoms in total. The Kier molecular flexibility index (Phi) is 4.29.